The standard InChI is InChI=1S/C16H15FN2S2/c1-9-5-15(12-3-4-20-16(12)21-9)19-14-7-11(8-18)6-13(17)10(14)2/h3-4,6-7,9,15,19H,5H2,1-2H3/t9-,15?/m0/s1. The molecule has 1 unspecified atom stereocenters. The van der Waals surface area contributed by atoms with Gasteiger partial charge in [0.2, 0.25) is 0 Å². The van der Waals surface area contributed by atoms with E-state index in [0.717, 1.165) is 6.42 Å². The number of nitrogens with zero attached hydrogens (tertiary/aromatic N) is 1. The summed E-state index contributed by atoms with van der Waals surface area (Å²) in [6, 6.07) is 7.34. The maximum atomic E-state index is 13.9. The number of halogens is 1. The zero-order chi connectivity index (χ0) is 15.0. The Kier molecular flexibility index (Phi) is 3.92. The highest BCUT2D eigenvalue weighted by molar-refractivity contribution is 8.01. The molecule has 21 heavy (non-hydrogen) atoms. The molecule has 1 N–H and O–H groups in total. The molecule has 3 rings (SSSR count). The summed E-state index contributed by atoms with van der Waals surface area (Å²) in [6.45, 7) is 3.95. The summed E-state index contributed by atoms with van der Waals surface area (Å²) in [6.07, 6.45) is 0.992. The van der Waals surface area contributed by atoms with Crippen LogP contribution >= 0.6 is 23.1 Å². The lowest BCUT2D eigenvalue weighted by atomic mass is 10.0. The molecule has 0 saturated carbocycles. The lowest BCUT2D eigenvalue weighted by Crippen LogP contribution is -2.19. The number of nitrogens with one attached hydrogen (secondary N) is 1. The van der Waals surface area contributed by atoms with E-state index in [2.05, 4.69) is 23.7 Å². The molecular formula is C16H15FN2S2. The molecule has 1 aliphatic heterocycles. The Morgan fingerprint density at radius 2 is 2.24 bits per heavy atom. The molecule has 108 valence electrons. The third-order valence-corrected chi connectivity index (χ3v) is 6.06. The topological polar surface area (TPSA) is 35.8 Å². The minimum absolute atomic E-state index is 0.176. The van der Waals surface area contributed by atoms with Crippen molar-refractivity contribution in [2.24, 2.45) is 0 Å². The average Bonchev–Trinajstić information content (AvgIpc) is 2.91. The van der Waals surface area contributed by atoms with Crippen molar-refractivity contribution in [2.45, 2.75) is 35.8 Å². The number of anilines is 1. The molecule has 2 aromatic rings. The monoisotopic (exact) mass is 318 g/mol. The predicted octanol–water partition coefficient (Wildman–Crippen LogP) is 5.10. The van der Waals surface area contributed by atoms with Crippen LogP contribution in [-0.4, -0.2) is 5.25 Å². The van der Waals surface area contributed by atoms with E-state index in [4.69, 9.17) is 5.26 Å². The molecule has 0 fully saturated rings. The lowest BCUT2D eigenvalue weighted by Gasteiger charge is -2.29. The summed E-state index contributed by atoms with van der Waals surface area (Å²) in [5.41, 5.74) is 2.92. The largest absolute Gasteiger partial charge is 0.378 e. The number of hydrogen-bond donors (Lipinski definition) is 1. The quantitative estimate of drug-likeness (QED) is 0.836. The molecule has 1 aromatic heterocycles. The van der Waals surface area contributed by atoms with E-state index in [9.17, 15) is 4.39 Å². The van der Waals surface area contributed by atoms with Crippen molar-refractivity contribution in [2.75, 3.05) is 5.32 Å². The van der Waals surface area contributed by atoms with Gasteiger partial charge < -0.3 is 5.32 Å². The molecule has 1 aliphatic rings. The number of thioether (sulfide) groups is 1. The van der Waals surface area contributed by atoms with Crippen LogP contribution in [0.3, 0.4) is 0 Å². The van der Waals surface area contributed by atoms with Crippen LogP contribution in [0, 0.1) is 24.1 Å². The van der Waals surface area contributed by atoms with Crippen LogP contribution in [0.5, 0.6) is 0 Å². The zero-order valence-electron chi connectivity index (χ0n) is 11.8. The fourth-order valence-electron chi connectivity index (χ4n) is 2.57. The number of rotatable bonds is 2. The van der Waals surface area contributed by atoms with Gasteiger partial charge in [-0.2, -0.15) is 5.26 Å². The molecule has 2 nitrogen and oxygen atoms in total. The second-order valence-corrected chi connectivity index (χ2v) is 7.89. The fraction of sp³-hybridized carbons (Fsp3) is 0.312. The molecule has 0 amide bonds. The van der Waals surface area contributed by atoms with E-state index in [1.165, 1.54) is 15.8 Å². The van der Waals surface area contributed by atoms with Crippen LogP contribution < -0.4 is 5.32 Å². The summed E-state index contributed by atoms with van der Waals surface area (Å²) >= 11 is 3.65. The van der Waals surface area contributed by atoms with Crippen molar-refractivity contribution >= 4 is 28.8 Å². The van der Waals surface area contributed by atoms with E-state index in [1.54, 1.807) is 24.3 Å². The normalized spacial score (nSPS) is 20.7. The predicted molar refractivity (Wildman–Crippen MR) is 86.5 cm³/mol. The highest BCUT2D eigenvalue weighted by Gasteiger charge is 2.26. The Labute approximate surface area is 132 Å². The second-order valence-electron chi connectivity index (χ2n) is 5.27. The maximum absolute atomic E-state index is 13.9. The van der Waals surface area contributed by atoms with Gasteiger partial charge in [0.15, 0.2) is 0 Å². The molecule has 2 atom stereocenters. The minimum Gasteiger partial charge on any atom is -0.378 e. The highest BCUT2D eigenvalue weighted by Crippen LogP contribution is 2.45. The van der Waals surface area contributed by atoms with Gasteiger partial charge in [-0.15, -0.1) is 23.1 Å². The maximum Gasteiger partial charge on any atom is 0.129 e. The SMILES string of the molecule is Cc1c(F)cc(C#N)cc1NC1C[C@H](C)Sc2sccc21. The number of hydrogen-bond acceptors (Lipinski definition) is 4. The first-order valence-electron chi connectivity index (χ1n) is 6.79. The lowest BCUT2D eigenvalue weighted by molar-refractivity contribution is 0.616. The van der Waals surface area contributed by atoms with Crippen molar-refractivity contribution in [3.8, 4) is 6.07 Å². The molecule has 1 aromatic carbocycles. The van der Waals surface area contributed by atoms with Gasteiger partial charge in [-0.05, 0) is 42.5 Å². The van der Waals surface area contributed by atoms with Crippen LogP contribution in [0.1, 0.15) is 36.1 Å². The van der Waals surface area contributed by atoms with Crippen LogP contribution in [-0.2, 0) is 0 Å². The van der Waals surface area contributed by atoms with Crippen molar-refractivity contribution in [1.29, 1.82) is 5.26 Å². The van der Waals surface area contributed by atoms with Crippen molar-refractivity contribution in [3.05, 3.63) is 46.1 Å². The van der Waals surface area contributed by atoms with Gasteiger partial charge >= 0.3 is 0 Å². The third kappa shape index (κ3) is 2.78. The molecule has 0 saturated heterocycles. The number of benzene rings is 1. The van der Waals surface area contributed by atoms with Gasteiger partial charge in [0.05, 0.1) is 21.9 Å². The molecule has 5 heteroatoms. The van der Waals surface area contributed by atoms with Gasteiger partial charge in [0.25, 0.3) is 0 Å². The molecule has 0 radical (unpaired) electrons. The van der Waals surface area contributed by atoms with E-state index >= 15 is 0 Å². The zero-order valence-corrected chi connectivity index (χ0v) is 13.4. The van der Waals surface area contributed by atoms with Crippen LogP contribution in [0.4, 0.5) is 10.1 Å². The van der Waals surface area contributed by atoms with Gasteiger partial charge in [-0.25, -0.2) is 4.39 Å². The first-order valence-corrected chi connectivity index (χ1v) is 8.55. The highest BCUT2D eigenvalue weighted by atomic mass is 32.2. The van der Waals surface area contributed by atoms with E-state index in [0.29, 0.717) is 22.1 Å². The second kappa shape index (κ2) is 5.70. The number of nitriles is 1. The van der Waals surface area contributed by atoms with Crippen molar-refractivity contribution in [3.63, 3.8) is 0 Å². The van der Waals surface area contributed by atoms with E-state index in [1.807, 2.05) is 17.8 Å². The van der Waals surface area contributed by atoms with Gasteiger partial charge in [-0.1, -0.05) is 6.92 Å². The summed E-state index contributed by atoms with van der Waals surface area (Å²) < 4.78 is 15.2. The van der Waals surface area contributed by atoms with Crippen LogP contribution in [0.25, 0.3) is 0 Å². The Morgan fingerprint density at radius 1 is 1.43 bits per heavy atom. The van der Waals surface area contributed by atoms with Crippen LogP contribution in [0.2, 0.25) is 0 Å². The fourth-order valence-corrected chi connectivity index (χ4v) is 5.13. The molecule has 0 spiro atoms. The Hall–Kier alpha value is -1.51. The van der Waals surface area contributed by atoms with Crippen molar-refractivity contribution in [1.82, 2.24) is 0 Å². The first kappa shape index (κ1) is 14.4. The number of fused-ring (bicyclic) bond motifs is 1. The van der Waals surface area contributed by atoms with Gasteiger partial charge in [0, 0.05) is 16.5 Å². The third-order valence-electron chi connectivity index (χ3n) is 3.71. The molecule has 0 aliphatic carbocycles. The van der Waals surface area contributed by atoms with E-state index in [-0.39, 0.29) is 11.9 Å². The summed E-state index contributed by atoms with van der Waals surface area (Å²) in [4.78, 5) is 0. The Bertz CT molecular complexity index is 718. The molecule has 2 heterocycles. The average molecular weight is 318 g/mol. The number of thiophene rings is 1. The molecular weight excluding hydrogens is 303 g/mol. The summed E-state index contributed by atoms with van der Waals surface area (Å²) in [5.74, 6) is -0.333. The van der Waals surface area contributed by atoms with Crippen molar-refractivity contribution < 1.29 is 4.39 Å². The summed E-state index contributed by atoms with van der Waals surface area (Å²) in [5, 5.41) is 15.1. The van der Waals surface area contributed by atoms with Crippen LogP contribution in [0.15, 0.2) is 27.8 Å². The Morgan fingerprint density at radius 3 is 3.00 bits per heavy atom. The minimum atomic E-state index is -0.333. The van der Waals surface area contributed by atoms with Gasteiger partial charge in [0.1, 0.15) is 5.82 Å². The summed E-state index contributed by atoms with van der Waals surface area (Å²) in [7, 11) is 0. The van der Waals surface area contributed by atoms with E-state index < -0.39 is 0 Å². The Balaban J connectivity index is 1.95. The smallest absolute Gasteiger partial charge is 0.129 e. The first-order chi connectivity index (χ1) is 10.1. The molecule has 0 bridgehead atoms. The van der Waals surface area contributed by atoms with Gasteiger partial charge in [-0.3, -0.25) is 0 Å².